The fourth-order valence-corrected chi connectivity index (χ4v) is 1.97. The van der Waals surface area contributed by atoms with Crippen molar-refractivity contribution in [3.8, 4) is 5.75 Å². The van der Waals surface area contributed by atoms with Gasteiger partial charge in [-0.2, -0.15) is 0 Å². The summed E-state index contributed by atoms with van der Waals surface area (Å²) in [4.78, 5) is 8.87. The highest BCUT2D eigenvalue weighted by Gasteiger charge is 2.17. The Morgan fingerprint density at radius 3 is 2.86 bits per heavy atom. The van der Waals surface area contributed by atoms with Crippen LogP contribution < -0.4 is 5.73 Å². The monoisotopic (exact) mass is 281 g/mol. The molecule has 1 aliphatic heterocycles. The summed E-state index contributed by atoms with van der Waals surface area (Å²) in [5, 5.41) is 9.95. The lowest BCUT2D eigenvalue weighted by molar-refractivity contribution is 0.474. The second kappa shape index (κ2) is 6.22. The summed E-state index contributed by atoms with van der Waals surface area (Å²) >= 11 is 0. The zero-order chi connectivity index (χ0) is 15.4. The summed E-state index contributed by atoms with van der Waals surface area (Å²) in [6.07, 6.45) is 5.87. The number of nitrogens with zero attached hydrogens (tertiary/aromatic N) is 2. The van der Waals surface area contributed by atoms with Crippen molar-refractivity contribution in [2.24, 2.45) is 9.98 Å². The lowest BCUT2D eigenvalue weighted by Crippen LogP contribution is -2.03. The van der Waals surface area contributed by atoms with E-state index in [4.69, 9.17) is 5.73 Å². The van der Waals surface area contributed by atoms with E-state index in [9.17, 15) is 5.11 Å². The van der Waals surface area contributed by atoms with Crippen LogP contribution in [0.5, 0.6) is 5.75 Å². The zero-order valence-corrected chi connectivity index (χ0v) is 12.3. The molecule has 3 N–H and O–H groups in total. The van der Waals surface area contributed by atoms with Crippen molar-refractivity contribution in [2.75, 3.05) is 12.3 Å². The van der Waals surface area contributed by atoms with Gasteiger partial charge in [-0.05, 0) is 31.6 Å². The maximum absolute atomic E-state index is 9.95. The quantitative estimate of drug-likeness (QED) is 0.657. The fourth-order valence-electron chi connectivity index (χ4n) is 1.97. The minimum absolute atomic E-state index is 0.122. The van der Waals surface area contributed by atoms with E-state index in [1.54, 1.807) is 12.1 Å². The molecule has 0 aromatic heterocycles. The lowest BCUT2D eigenvalue weighted by atomic mass is 10.1. The van der Waals surface area contributed by atoms with E-state index in [0.29, 0.717) is 23.6 Å². The lowest BCUT2D eigenvalue weighted by Gasteiger charge is -2.04. The number of nitrogens with two attached hydrogens (primary N) is 1. The topological polar surface area (TPSA) is 71.0 Å². The molecule has 0 spiro atoms. The molecule has 1 heterocycles. The van der Waals surface area contributed by atoms with Crippen LogP contribution in [0.2, 0.25) is 0 Å². The molecule has 0 radical (unpaired) electrons. The molecular formula is C17H19N3O. The number of hydrogen-bond donors (Lipinski definition) is 2. The number of aliphatic imine (C=N–C) groups is 2. The predicted octanol–water partition coefficient (Wildman–Crippen LogP) is 3.25. The number of anilines is 1. The average molecular weight is 281 g/mol. The van der Waals surface area contributed by atoms with Crippen LogP contribution in [0.15, 0.2) is 64.1 Å². The van der Waals surface area contributed by atoms with Crippen molar-refractivity contribution in [1.82, 2.24) is 0 Å². The third kappa shape index (κ3) is 3.28. The van der Waals surface area contributed by atoms with E-state index in [-0.39, 0.29) is 5.75 Å². The standard InChI is InChI=1S/C17H19N3O/c1-4-5-6-11(2)12(3)17-19-10-15(20-17)14-8-7-13(18)9-16(14)21/h4-9,21H,3,10,18H2,1-2H3/b5-4-,11-6-. The molecule has 0 atom stereocenters. The third-order valence-corrected chi connectivity index (χ3v) is 3.24. The van der Waals surface area contributed by atoms with Crippen LogP contribution in [0.3, 0.4) is 0 Å². The van der Waals surface area contributed by atoms with E-state index in [0.717, 1.165) is 16.9 Å². The van der Waals surface area contributed by atoms with E-state index < -0.39 is 0 Å². The van der Waals surface area contributed by atoms with Gasteiger partial charge in [0, 0.05) is 22.9 Å². The highest BCUT2D eigenvalue weighted by Crippen LogP contribution is 2.24. The molecule has 4 heteroatoms. The minimum Gasteiger partial charge on any atom is -0.507 e. The van der Waals surface area contributed by atoms with E-state index in [2.05, 4.69) is 16.6 Å². The maximum Gasteiger partial charge on any atom is 0.154 e. The smallest absolute Gasteiger partial charge is 0.154 e. The first-order valence-corrected chi connectivity index (χ1v) is 6.73. The number of aromatic hydroxyl groups is 1. The molecule has 0 unspecified atom stereocenters. The molecule has 21 heavy (non-hydrogen) atoms. The molecule has 1 aliphatic rings. The van der Waals surface area contributed by atoms with Gasteiger partial charge in [-0.25, -0.2) is 4.99 Å². The largest absolute Gasteiger partial charge is 0.507 e. The Morgan fingerprint density at radius 2 is 2.19 bits per heavy atom. The Bertz CT molecular complexity index is 694. The second-order valence-corrected chi connectivity index (χ2v) is 4.83. The van der Waals surface area contributed by atoms with Crippen LogP contribution in [-0.2, 0) is 0 Å². The number of amidine groups is 1. The number of allylic oxidation sites excluding steroid dienone is 3. The molecule has 0 saturated heterocycles. The van der Waals surface area contributed by atoms with Gasteiger partial charge in [0.05, 0.1) is 12.3 Å². The molecule has 0 aliphatic carbocycles. The average Bonchev–Trinajstić information content (AvgIpc) is 2.93. The van der Waals surface area contributed by atoms with E-state index in [1.165, 1.54) is 6.07 Å². The summed E-state index contributed by atoms with van der Waals surface area (Å²) < 4.78 is 0. The van der Waals surface area contributed by atoms with Gasteiger partial charge in [-0.1, -0.05) is 24.8 Å². The molecule has 0 saturated carbocycles. The van der Waals surface area contributed by atoms with Crippen LogP contribution >= 0.6 is 0 Å². The van der Waals surface area contributed by atoms with Gasteiger partial charge in [-0.15, -0.1) is 0 Å². The number of rotatable bonds is 4. The highest BCUT2D eigenvalue weighted by atomic mass is 16.3. The summed E-state index contributed by atoms with van der Waals surface area (Å²) in [5.41, 5.74) is 9.34. The van der Waals surface area contributed by atoms with Crippen molar-refractivity contribution in [1.29, 1.82) is 0 Å². The van der Waals surface area contributed by atoms with Crippen LogP contribution in [0, 0.1) is 0 Å². The van der Waals surface area contributed by atoms with Crippen LogP contribution in [0.4, 0.5) is 5.69 Å². The first-order chi connectivity index (χ1) is 10.0. The molecule has 2 rings (SSSR count). The SMILES string of the molecule is C=C(C1=NCC(c2ccc(N)cc2O)=N1)/C(C)=C\C=C/C. The first kappa shape index (κ1) is 14.8. The summed E-state index contributed by atoms with van der Waals surface area (Å²) in [6.45, 7) is 8.39. The molecule has 108 valence electrons. The number of nitrogen functional groups attached to an aromatic ring is 1. The van der Waals surface area contributed by atoms with E-state index >= 15 is 0 Å². The van der Waals surface area contributed by atoms with Crippen LogP contribution in [0.25, 0.3) is 0 Å². The zero-order valence-electron chi connectivity index (χ0n) is 12.3. The van der Waals surface area contributed by atoms with Crippen molar-refractivity contribution in [3.05, 3.63) is 59.7 Å². The van der Waals surface area contributed by atoms with Gasteiger partial charge >= 0.3 is 0 Å². The first-order valence-electron chi connectivity index (χ1n) is 6.73. The molecule has 0 bridgehead atoms. The summed E-state index contributed by atoms with van der Waals surface area (Å²) in [7, 11) is 0. The van der Waals surface area contributed by atoms with Crippen LogP contribution in [0.1, 0.15) is 19.4 Å². The van der Waals surface area contributed by atoms with Crippen molar-refractivity contribution >= 4 is 17.2 Å². The van der Waals surface area contributed by atoms with Crippen molar-refractivity contribution in [3.63, 3.8) is 0 Å². The van der Waals surface area contributed by atoms with Gasteiger partial charge in [0.1, 0.15) is 5.75 Å². The molecule has 1 aromatic carbocycles. The summed E-state index contributed by atoms with van der Waals surface area (Å²) in [5.74, 6) is 0.733. The Kier molecular flexibility index (Phi) is 4.38. The Balaban J connectivity index is 2.24. The molecule has 4 nitrogen and oxygen atoms in total. The van der Waals surface area contributed by atoms with Gasteiger partial charge in [0.2, 0.25) is 0 Å². The van der Waals surface area contributed by atoms with Gasteiger partial charge in [-0.3, -0.25) is 4.99 Å². The second-order valence-electron chi connectivity index (χ2n) is 4.83. The van der Waals surface area contributed by atoms with Crippen LogP contribution in [-0.4, -0.2) is 23.2 Å². The van der Waals surface area contributed by atoms with Crippen molar-refractivity contribution < 1.29 is 5.11 Å². The Labute approximate surface area is 124 Å². The Morgan fingerprint density at radius 1 is 1.43 bits per heavy atom. The van der Waals surface area contributed by atoms with E-state index in [1.807, 2.05) is 32.1 Å². The van der Waals surface area contributed by atoms with Gasteiger partial charge in [0.15, 0.2) is 5.84 Å². The number of hydrogen-bond acceptors (Lipinski definition) is 4. The molecular weight excluding hydrogens is 262 g/mol. The Hall–Kier alpha value is -2.62. The van der Waals surface area contributed by atoms with Crippen molar-refractivity contribution in [2.45, 2.75) is 13.8 Å². The molecule has 1 aromatic rings. The molecule has 0 fully saturated rings. The van der Waals surface area contributed by atoms with Gasteiger partial charge in [0.25, 0.3) is 0 Å². The maximum atomic E-state index is 9.95. The normalized spacial score (nSPS) is 15.2. The predicted molar refractivity (Wildman–Crippen MR) is 89.1 cm³/mol. The number of phenolic OH excluding ortho intramolecular Hbond substituents is 1. The molecule has 0 amide bonds. The minimum atomic E-state index is 0.122. The number of benzene rings is 1. The summed E-state index contributed by atoms with van der Waals surface area (Å²) in [6, 6.07) is 5.01. The fraction of sp³-hybridized carbons (Fsp3) is 0.176. The number of phenols is 1. The third-order valence-electron chi connectivity index (χ3n) is 3.24. The highest BCUT2D eigenvalue weighted by molar-refractivity contribution is 6.19. The van der Waals surface area contributed by atoms with Gasteiger partial charge < -0.3 is 10.8 Å².